The van der Waals surface area contributed by atoms with Crippen LogP contribution in [0.1, 0.15) is 27.7 Å². The molecule has 5 nitrogen and oxygen atoms in total. The maximum Gasteiger partial charge on any atom is 0.522 e. The fraction of sp³-hybridized carbons (Fsp3) is 0.833. The first kappa shape index (κ1) is 16.7. The number of hydrogen-bond donors (Lipinski definition) is 1. The van der Waals surface area contributed by atoms with Crippen LogP contribution in [0.2, 0.25) is 0 Å². The second-order valence-electron chi connectivity index (χ2n) is 5.81. The molecular formula is C12H19F3N2O3. The molecule has 116 valence electrons. The van der Waals surface area contributed by atoms with Gasteiger partial charge in [0.1, 0.15) is 12.1 Å². The van der Waals surface area contributed by atoms with E-state index in [4.69, 9.17) is 0 Å². The van der Waals surface area contributed by atoms with Crippen molar-refractivity contribution in [2.45, 2.75) is 46.1 Å². The van der Waals surface area contributed by atoms with Crippen molar-refractivity contribution in [1.82, 2.24) is 10.2 Å². The predicted octanol–water partition coefficient (Wildman–Crippen LogP) is 1.28. The summed E-state index contributed by atoms with van der Waals surface area (Å²) in [5.74, 6) is -0.771. The third kappa shape index (κ3) is 4.09. The van der Waals surface area contributed by atoms with Gasteiger partial charge in [-0.25, -0.2) is 0 Å². The van der Waals surface area contributed by atoms with Crippen LogP contribution in [0.5, 0.6) is 0 Å². The van der Waals surface area contributed by atoms with Crippen LogP contribution >= 0.6 is 0 Å². The maximum atomic E-state index is 12.3. The van der Waals surface area contributed by atoms with Gasteiger partial charge in [-0.2, -0.15) is 0 Å². The minimum Gasteiger partial charge on any atom is -0.342 e. The molecular weight excluding hydrogens is 277 g/mol. The van der Waals surface area contributed by atoms with Crippen molar-refractivity contribution in [2.75, 3.05) is 13.2 Å². The molecule has 1 rings (SSSR count). The molecule has 0 aromatic carbocycles. The van der Waals surface area contributed by atoms with Crippen LogP contribution in [0.3, 0.4) is 0 Å². The zero-order chi connectivity index (χ0) is 15.7. The van der Waals surface area contributed by atoms with Crippen molar-refractivity contribution in [2.24, 2.45) is 5.41 Å². The lowest BCUT2D eigenvalue weighted by Crippen LogP contribution is -2.66. The number of nitrogens with one attached hydrogen (secondary N) is 1. The molecule has 1 aliphatic rings. The molecule has 2 amide bonds. The molecule has 8 heteroatoms. The first-order valence-corrected chi connectivity index (χ1v) is 6.25. The van der Waals surface area contributed by atoms with E-state index in [1.165, 1.54) is 6.92 Å². The Morgan fingerprint density at radius 2 is 1.80 bits per heavy atom. The van der Waals surface area contributed by atoms with E-state index in [0.29, 0.717) is 0 Å². The summed E-state index contributed by atoms with van der Waals surface area (Å²) in [6.45, 7) is 5.83. The standard InChI is InChI=1S/C12H19F3N2O3/c1-7-9(18)16-8(11(2,3)4)10(19)17(7)5-6-20-12(13,14)15/h7-8H,5-6H2,1-4H3,(H,16,18). The van der Waals surface area contributed by atoms with E-state index in [1.54, 1.807) is 20.8 Å². The van der Waals surface area contributed by atoms with Crippen molar-refractivity contribution in [3.8, 4) is 0 Å². The SMILES string of the molecule is CC1C(=O)NC(C(C)(C)C)C(=O)N1CCOC(F)(F)F. The largest absolute Gasteiger partial charge is 0.522 e. The Morgan fingerprint density at radius 3 is 2.25 bits per heavy atom. The number of halogens is 3. The molecule has 1 aliphatic heterocycles. The molecule has 1 saturated heterocycles. The lowest BCUT2D eigenvalue weighted by Gasteiger charge is -2.42. The van der Waals surface area contributed by atoms with Gasteiger partial charge in [-0.3, -0.25) is 14.3 Å². The summed E-state index contributed by atoms with van der Waals surface area (Å²) in [5, 5.41) is 2.60. The first-order valence-electron chi connectivity index (χ1n) is 6.25. The van der Waals surface area contributed by atoms with Crippen LogP contribution in [0.4, 0.5) is 13.2 Å². The molecule has 1 fully saturated rings. The van der Waals surface area contributed by atoms with Crippen molar-refractivity contribution >= 4 is 11.8 Å². The van der Waals surface area contributed by atoms with Crippen LogP contribution in [0.25, 0.3) is 0 Å². The Hall–Kier alpha value is -1.31. The highest BCUT2D eigenvalue weighted by Gasteiger charge is 2.43. The van der Waals surface area contributed by atoms with Crippen molar-refractivity contribution in [3.05, 3.63) is 0 Å². The number of ether oxygens (including phenoxy) is 1. The van der Waals surface area contributed by atoms with Crippen molar-refractivity contribution in [1.29, 1.82) is 0 Å². The Bertz CT molecular complexity index is 390. The quantitative estimate of drug-likeness (QED) is 0.853. The summed E-state index contributed by atoms with van der Waals surface area (Å²) in [4.78, 5) is 25.2. The number of rotatable bonds is 3. The highest BCUT2D eigenvalue weighted by atomic mass is 19.4. The van der Waals surface area contributed by atoms with E-state index in [9.17, 15) is 22.8 Å². The minimum atomic E-state index is -4.74. The van der Waals surface area contributed by atoms with Crippen LogP contribution < -0.4 is 5.32 Å². The summed E-state index contributed by atoms with van der Waals surface area (Å²) in [5.41, 5.74) is -0.518. The molecule has 1 heterocycles. The van der Waals surface area contributed by atoms with Gasteiger partial charge in [0.2, 0.25) is 11.8 Å². The number of carbonyl (C=O) groups excluding carboxylic acids is 2. The summed E-state index contributed by atoms with van der Waals surface area (Å²) in [6.07, 6.45) is -4.74. The molecule has 0 aromatic heterocycles. The highest BCUT2D eigenvalue weighted by Crippen LogP contribution is 2.25. The number of amides is 2. The molecule has 0 bridgehead atoms. The topological polar surface area (TPSA) is 58.6 Å². The fourth-order valence-electron chi connectivity index (χ4n) is 1.97. The van der Waals surface area contributed by atoms with Gasteiger partial charge in [0, 0.05) is 6.54 Å². The lowest BCUT2D eigenvalue weighted by molar-refractivity contribution is -0.325. The summed E-state index contributed by atoms with van der Waals surface area (Å²) in [7, 11) is 0. The molecule has 0 aliphatic carbocycles. The number of carbonyl (C=O) groups is 2. The van der Waals surface area contributed by atoms with E-state index in [-0.39, 0.29) is 12.5 Å². The van der Waals surface area contributed by atoms with Gasteiger partial charge in [0.15, 0.2) is 0 Å². The second kappa shape index (κ2) is 5.59. The monoisotopic (exact) mass is 296 g/mol. The molecule has 2 atom stereocenters. The third-order valence-corrected chi connectivity index (χ3v) is 3.13. The molecule has 0 saturated carbocycles. The first-order chi connectivity index (χ1) is 8.93. The third-order valence-electron chi connectivity index (χ3n) is 3.13. The second-order valence-corrected chi connectivity index (χ2v) is 5.81. The van der Waals surface area contributed by atoms with Gasteiger partial charge in [0.05, 0.1) is 6.61 Å². The van der Waals surface area contributed by atoms with Crippen LogP contribution in [-0.2, 0) is 14.3 Å². The number of alkyl halides is 3. The maximum absolute atomic E-state index is 12.3. The van der Waals surface area contributed by atoms with E-state index < -0.39 is 36.4 Å². The van der Waals surface area contributed by atoms with Crippen molar-refractivity contribution < 1.29 is 27.5 Å². The van der Waals surface area contributed by atoms with Crippen molar-refractivity contribution in [3.63, 3.8) is 0 Å². The van der Waals surface area contributed by atoms with Crippen LogP contribution in [-0.4, -0.2) is 48.3 Å². The average Bonchev–Trinajstić information content (AvgIpc) is 2.25. The Kier molecular flexibility index (Phi) is 4.68. The summed E-state index contributed by atoms with van der Waals surface area (Å²) >= 11 is 0. The van der Waals surface area contributed by atoms with E-state index >= 15 is 0 Å². The summed E-state index contributed by atoms with van der Waals surface area (Å²) < 4.78 is 39.5. The van der Waals surface area contributed by atoms with Gasteiger partial charge in [0.25, 0.3) is 0 Å². The van der Waals surface area contributed by atoms with Crippen LogP contribution in [0.15, 0.2) is 0 Å². The number of hydrogen-bond acceptors (Lipinski definition) is 3. The lowest BCUT2D eigenvalue weighted by atomic mass is 9.84. The van der Waals surface area contributed by atoms with Gasteiger partial charge in [-0.15, -0.1) is 13.2 Å². The Balaban J connectivity index is 2.76. The van der Waals surface area contributed by atoms with Gasteiger partial charge < -0.3 is 10.2 Å². The molecule has 2 unspecified atom stereocenters. The van der Waals surface area contributed by atoms with E-state index in [1.807, 2.05) is 0 Å². The molecule has 20 heavy (non-hydrogen) atoms. The molecule has 0 spiro atoms. The zero-order valence-corrected chi connectivity index (χ0v) is 11.9. The molecule has 0 radical (unpaired) electrons. The van der Waals surface area contributed by atoms with E-state index in [2.05, 4.69) is 10.1 Å². The average molecular weight is 296 g/mol. The Morgan fingerprint density at radius 1 is 1.25 bits per heavy atom. The van der Waals surface area contributed by atoms with Gasteiger partial charge >= 0.3 is 6.36 Å². The van der Waals surface area contributed by atoms with Gasteiger partial charge in [-0.05, 0) is 12.3 Å². The number of piperazine rings is 1. The Labute approximate surface area is 115 Å². The highest BCUT2D eigenvalue weighted by molar-refractivity contribution is 5.97. The summed E-state index contributed by atoms with van der Waals surface area (Å²) in [6, 6.07) is -1.56. The van der Waals surface area contributed by atoms with Gasteiger partial charge in [-0.1, -0.05) is 20.8 Å². The fourth-order valence-corrected chi connectivity index (χ4v) is 1.97. The minimum absolute atomic E-state index is 0.278. The molecule has 1 N–H and O–H groups in total. The normalized spacial score (nSPS) is 24.9. The van der Waals surface area contributed by atoms with E-state index in [0.717, 1.165) is 4.90 Å². The molecule has 0 aromatic rings. The predicted molar refractivity (Wildman–Crippen MR) is 64.6 cm³/mol. The van der Waals surface area contributed by atoms with Crippen LogP contribution in [0, 0.1) is 5.41 Å². The number of nitrogens with zero attached hydrogens (tertiary/aromatic N) is 1. The smallest absolute Gasteiger partial charge is 0.342 e. The zero-order valence-electron chi connectivity index (χ0n) is 11.9.